The molecule has 1 aromatic rings. The van der Waals surface area contributed by atoms with Gasteiger partial charge in [0, 0.05) is 6.92 Å². The number of alkyl halides is 3. The van der Waals surface area contributed by atoms with E-state index in [9.17, 15) is 32.3 Å². The van der Waals surface area contributed by atoms with E-state index < -0.39 is 30.0 Å². The molecular weight excluding hydrogens is 485 g/mol. The van der Waals surface area contributed by atoms with Crippen LogP contribution in [0, 0.1) is 0 Å². The molecule has 0 heterocycles. The van der Waals surface area contributed by atoms with E-state index in [1.54, 1.807) is 5.32 Å². The van der Waals surface area contributed by atoms with Crippen LogP contribution in [0.5, 0.6) is 0 Å². The van der Waals surface area contributed by atoms with Gasteiger partial charge in [0.2, 0.25) is 5.91 Å². The molecule has 0 fully saturated rings. The van der Waals surface area contributed by atoms with E-state index in [0.717, 1.165) is 12.5 Å². The van der Waals surface area contributed by atoms with Crippen LogP contribution in [-0.4, -0.2) is 41.6 Å². The Labute approximate surface area is 217 Å². The van der Waals surface area contributed by atoms with Gasteiger partial charge < -0.3 is 10.6 Å². The van der Waals surface area contributed by atoms with Gasteiger partial charge in [-0.15, -0.1) is 0 Å². The first-order chi connectivity index (χ1) is 17.2. The smallest absolute Gasteiger partial charge is 0.346 e. The van der Waals surface area contributed by atoms with Gasteiger partial charge in [0.25, 0.3) is 0 Å². The van der Waals surface area contributed by atoms with E-state index in [4.69, 9.17) is 0 Å². The molecule has 0 aliphatic carbocycles. The zero-order valence-corrected chi connectivity index (χ0v) is 22.0. The van der Waals surface area contributed by atoms with E-state index in [0.29, 0.717) is 12.0 Å². The Morgan fingerprint density at radius 2 is 1.41 bits per heavy atom. The summed E-state index contributed by atoms with van der Waals surface area (Å²) in [5, 5.41) is 4.28. The Morgan fingerprint density at radius 1 is 0.892 bits per heavy atom. The van der Waals surface area contributed by atoms with Crippen molar-refractivity contribution in [3.8, 4) is 0 Å². The average molecular weight is 523 g/mol. The highest BCUT2D eigenvalue weighted by atomic mass is 19.4. The molecule has 204 valence electrons. The van der Waals surface area contributed by atoms with Gasteiger partial charge in [-0.05, 0) is 51.7 Å². The summed E-state index contributed by atoms with van der Waals surface area (Å²) in [5.74, 6) is -2.89. The van der Waals surface area contributed by atoms with E-state index in [1.807, 2.05) is 56.3 Å². The molecule has 6 nitrogen and oxygen atoms in total. The third-order valence-electron chi connectivity index (χ3n) is 4.57. The summed E-state index contributed by atoms with van der Waals surface area (Å²) < 4.78 is 36.2. The normalized spacial score (nSPS) is 12.5. The molecule has 2 N–H and O–H groups in total. The van der Waals surface area contributed by atoms with Gasteiger partial charge in [-0.1, -0.05) is 73.9 Å². The van der Waals surface area contributed by atoms with Crippen LogP contribution in [-0.2, 0) is 25.6 Å². The first-order valence-corrected chi connectivity index (χ1v) is 11.4. The van der Waals surface area contributed by atoms with Crippen LogP contribution < -0.4 is 10.6 Å². The number of carbonyl (C=O) groups excluding carboxylic acids is 4. The van der Waals surface area contributed by atoms with E-state index in [-0.39, 0.29) is 18.1 Å². The number of nitrogens with one attached hydrogen (secondary N) is 2. The van der Waals surface area contributed by atoms with Crippen LogP contribution in [0.15, 0.2) is 79.4 Å². The number of ketones is 2. The van der Waals surface area contributed by atoms with Crippen molar-refractivity contribution in [3.05, 3.63) is 85.0 Å². The van der Waals surface area contributed by atoms with E-state index in [1.165, 1.54) is 32.1 Å². The third kappa shape index (κ3) is 18.2. The first kappa shape index (κ1) is 35.4. The van der Waals surface area contributed by atoms with Crippen molar-refractivity contribution in [2.45, 2.75) is 65.7 Å². The minimum Gasteiger partial charge on any atom is -0.346 e. The maximum atomic E-state index is 12.1. The molecule has 2 amide bonds. The van der Waals surface area contributed by atoms with Crippen molar-refractivity contribution in [3.63, 3.8) is 0 Å². The van der Waals surface area contributed by atoms with Crippen LogP contribution in [0.1, 0.15) is 46.6 Å². The van der Waals surface area contributed by atoms with Crippen molar-refractivity contribution < 1.29 is 32.3 Å². The second kappa shape index (κ2) is 19.4. The highest BCUT2D eigenvalue weighted by Crippen LogP contribution is 2.16. The van der Waals surface area contributed by atoms with Gasteiger partial charge in [-0.2, -0.15) is 13.2 Å². The van der Waals surface area contributed by atoms with Crippen LogP contribution in [0.3, 0.4) is 0 Å². The zero-order valence-electron chi connectivity index (χ0n) is 22.0. The minimum atomic E-state index is -5.01. The topological polar surface area (TPSA) is 92.3 Å². The number of rotatable bonds is 10. The first-order valence-electron chi connectivity index (χ1n) is 11.4. The molecule has 0 saturated heterocycles. The lowest BCUT2D eigenvalue weighted by Crippen LogP contribution is -2.46. The lowest BCUT2D eigenvalue weighted by atomic mass is 10.0. The van der Waals surface area contributed by atoms with Crippen LogP contribution >= 0.6 is 0 Å². The van der Waals surface area contributed by atoms with Gasteiger partial charge >= 0.3 is 12.1 Å². The zero-order chi connectivity index (χ0) is 29.0. The Hall–Kier alpha value is -3.75. The van der Waals surface area contributed by atoms with Crippen molar-refractivity contribution in [1.29, 1.82) is 0 Å². The minimum absolute atomic E-state index is 0.0194. The van der Waals surface area contributed by atoms with Gasteiger partial charge in [-0.3, -0.25) is 19.2 Å². The van der Waals surface area contributed by atoms with Gasteiger partial charge in [-0.25, -0.2) is 0 Å². The number of hydrogen-bond donors (Lipinski definition) is 2. The SMILES string of the molecule is C=C/C=C(\C=C)C[C@H](NC(=O)C(F)(F)F)C(C)=O.CC(=O)N[C@@H](Cc1ccccc1)C(C)=O.CC=CC. The fourth-order valence-corrected chi connectivity index (χ4v) is 2.53. The van der Waals surface area contributed by atoms with E-state index >= 15 is 0 Å². The Balaban J connectivity index is 0. The number of halogens is 3. The molecule has 0 unspecified atom stereocenters. The summed E-state index contributed by atoms with van der Waals surface area (Å²) in [6.45, 7) is 14.9. The molecule has 1 aromatic carbocycles. The molecule has 0 aromatic heterocycles. The second-order valence-electron chi connectivity index (χ2n) is 7.74. The van der Waals surface area contributed by atoms with Gasteiger partial charge in [0.05, 0.1) is 12.1 Å². The summed E-state index contributed by atoms with van der Waals surface area (Å²) in [4.78, 5) is 44.1. The van der Waals surface area contributed by atoms with Crippen molar-refractivity contribution in [2.75, 3.05) is 0 Å². The highest BCUT2D eigenvalue weighted by molar-refractivity contribution is 5.90. The van der Waals surface area contributed by atoms with Crippen LogP contribution in [0.2, 0.25) is 0 Å². The van der Waals surface area contributed by atoms with Gasteiger partial charge in [0.1, 0.15) is 0 Å². The maximum absolute atomic E-state index is 12.1. The number of hydrogen-bond acceptors (Lipinski definition) is 4. The Morgan fingerprint density at radius 3 is 1.76 bits per heavy atom. The number of Topliss-reactive ketones (excluding diaryl/α,β-unsaturated/α-hetero) is 2. The molecule has 0 spiro atoms. The molecule has 0 bridgehead atoms. The number of benzene rings is 1. The van der Waals surface area contributed by atoms with Crippen LogP contribution in [0.4, 0.5) is 13.2 Å². The molecule has 0 saturated carbocycles. The lowest BCUT2D eigenvalue weighted by Gasteiger charge is -2.17. The predicted molar refractivity (Wildman–Crippen MR) is 141 cm³/mol. The summed E-state index contributed by atoms with van der Waals surface area (Å²) >= 11 is 0. The third-order valence-corrected chi connectivity index (χ3v) is 4.57. The fraction of sp³-hybridized carbons (Fsp3) is 0.357. The largest absolute Gasteiger partial charge is 0.471 e. The second-order valence-corrected chi connectivity index (χ2v) is 7.74. The average Bonchev–Trinajstić information content (AvgIpc) is 2.82. The summed E-state index contributed by atoms with van der Waals surface area (Å²) in [6.07, 6.45) is 3.78. The maximum Gasteiger partial charge on any atom is 0.471 e. The highest BCUT2D eigenvalue weighted by Gasteiger charge is 2.40. The Kier molecular flexibility index (Phi) is 18.6. The van der Waals surface area contributed by atoms with Crippen molar-refractivity contribution >= 4 is 23.4 Å². The van der Waals surface area contributed by atoms with Crippen LogP contribution in [0.25, 0.3) is 0 Å². The monoisotopic (exact) mass is 522 g/mol. The lowest BCUT2D eigenvalue weighted by molar-refractivity contribution is -0.174. The van der Waals surface area contributed by atoms with Crippen molar-refractivity contribution in [1.82, 2.24) is 10.6 Å². The number of amides is 2. The van der Waals surface area contributed by atoms with E-state index in [2.05, 4.69) is 18.5 Å². The summed E-state index contributed by atoms with van der Waals surface area (Å²) in [6, 6.07) is 7.99. The standard InChI is InChI=1S/C12H14F3NO2.C12H15NO2.C4H8/c1-4-6-9(5-2)7-10(8(3)17)16-11(18)12(13,14)15;1-9(14)12(13-10(2)15)8-11-6-4-3-5-7-11;1-3-4-2/h4-6,10H,1-2,7H2,3H3,(H,16,18);3-7,12H,8H2,1-2H3,(H,13,15);3-4H,1-2H3/b9-6+;;/t10-;12-;/m00./s1. The summed E-state index contributed by atoms with van der Waals surface area (Å²) in [5.41, 5.74) is 1.55. The molecule has 37 heavy (non-hydrogen) atoms. The number of allylic oxidation sites excluding steroid dienone is 5. The molecule has 0 aliphatic heterocycles. The number of carbonyl (C=O) groups is 4. The summed E-state index contributed by atoms with van der Waals surface area (Å²) in [7, 11) is 0. The molecule has 9 heteroatoms. The molecule has 2 atom stereocenters. The Bertz CT molecular complexity index is 948. The van der Waals surface area contributed by atoms with Crippen molar-refractivity contribution in [2.24, 2.45) is 0 Å². The van der Waals surface area contributed by atoms with Gasteiger partial charge in [0.15, 0.2) is 11.6 Å². The fourth-order valence-electron chi connectivity index (χ4n) is 2.53. The molecule has 1 rings (SSSR count). The molecule has 0 aliphatic rings. The predicted octanol–water partition coefficient (Wildman–Crippen LogP) is 5.22. The molecular formula is C28H37F3N2O4. The quantitative estimate of drug-likeness (QED) is 0.326. The molecule has 0 radical (unpaired) electrons.